The van der Waals surface area contributed by atoms with E-state index in [2.05, 4.69) is 26.1 Å². The number of aromatic carboxylic acids is 1. The molecule has 0 bridgehead atoms. The van der Waals surface area contributed by atoms with E-state index in [0.717, 1.165) is 11.3 Å². The number of carboxylic acids is 1. The van der Waals surface area contributed by atoms with Crippen LogP contribution in [0.25, 0.3) is 6.08 Å². The maximum atomic E-state index is 12.0. The van der Waals surface area contributed by atoms with Crippen molar-refractivity contribution in [1.29, 1.82) is 0 Å². The SMILES string of the molecule is CC(C)(C)c1ccc(NC(=O)C=Cc2ccc(C(=O)O)cc2)cc1. The van der Waals surface area contributed by atoms with Crippen molar-refractivity contribution in [3.05, 3.63) is 71.3 Å². The number of hydrogen-bond donors (Lipinski definition) is 2. The van der Waals surface area contributed by atoms with E-state index in [1.165, 1.54) is 23.8 Å². The van der Waals surface area contributed by atoms with E-state index in [1.54, 1.807) is 18.2 Å². The highest BCUT2D eigenvalue weighted by Gasteiger charge is 2.12. The minimum atomic E-state index is -0.970. The third-order valence-corrected chi connectivity index (χ3v) is 3.60. The summed E-state index contributed by atoms with van der Waals surface area (Å²) >= 11 is 0. The smallest absolute Gasteiger partial charge is 0.335 e. The zero-order valence-corrected chi connectivity index (χ0v) is 14.0. The molecule has 24 heavy (non-hydrogen) atoms. The Bertz CT molecular complexity index is 751. The number of nitrogens with one attached hydrogen (secondary N) is 1. The highest BCUT2D eigenvalue weighted by atomic mass is 16.4. The van der Waals surface area contributed by atoms with Crippen molar-refractivity contribution < 1.29 is 14.7 Å². The van der Waals surface area contributed by atoms with Gasteiger partial charge in [-0.3, -0.25) is 4.79 Å². The Kier molecular flexibility index (Phi) is 5.19. The van der Waals surface area contributed by atoms with Crippen molar-refractivity contribution in [3.63, 3.8) is 0 Å². The predicted molar refractivity (Wildman–Crippen MR) is 96.2 cm³/mol. The second-order valence-electron chi connectivity index (χ2n) is 6.58. The summed E-state index contributed by atoms with van der Waals surface area (Å²) in [6.45, 7) is 6.41. The quantitative estimate of drug-likeness (QED) is 0.823. The molecule has 4 heteroatoms. The van der Waals surface area contributed by atoms with Crippen molar-refractivity contribution in [2.75, 3.05) is 5.32 Å². The Labute approximate surface area is 141 Å². The standard InChI is InChI=1S/C20H21NO3/c1-20(2,3)16-9-11-17(12-10-16)21-18(22)13-6-14-4-7-15(8-5-14)19(23)24/h4-13H,1-3H3,(H,21,22)(H,23,24). The monoisotopic (exact) mass is 323 g/mol. The number of hydrogen-bond acceptors (Lipinski definition) is 2. The summed E-state index contributed by atoms with van der Waals surface area (Å²) in [5.74, 6) is -1.21. The number of carbonyl (C=O) groups is 2. The minimum absolute atomic E-state index is 0.0740. The first-order valence-electron chi connectivity index (χ1n) is 7.69. The van der Waals surface area contributed by atoms with Gasteiger partial charge in [-0.05, 0) is 46.9 Å². The first-order chi connectivity index (χ1) is 11.3. The highest BCUT2D eigenvalue weighted by Crippen LogP contribution is 2.23. The van der Waals surface area contributed by atoms with E-state index >= 15 is 0 Å². The van der Waals surface area contributed by atoms with Gasteiger partial charge in [-0.25, -0.2) is 4.79 Å². The van der Waals surface area contributed by atoms with Gasteiger partial charge in [-0.1, -0.05) is 45.0 Å². The number of anilines is 1. The van der Waals surface area contributed by atoms with Gasteiger partial charge >= 0.3 is 5.97 Å². The second-order valence-corrected chi connectivity index (χ2v) is 6.58. The van der Waals surface area contributed by atoms with Crippen molar-refractivity contribution in [3.8, 4) is 0 Å². The molecule has 2 aromatic carbocycles. The first-order valence-corrected chi connectivity index (χ1v) is 7.69. The fraction of sp³-hybridized carbons (Fsp3) is 0.200. The van der Waals surface area contributed by atoms with Crippen LogP contribution >= 0.6 is 0 Å². The number of carbonyl (C=O) groups excluding carboxylic acids is 1. The van der Waals surface area contributed by atoms with Crippen molar-refractivity contribution in [2.45, 2.75) is 26.2 Å². The lowest BCUT2D eigenvalue weighted by atomic mass is 9.87. The van der Waals surface area contributed by atoms with Crippen LogP contribution in [0, 0.1) is 0 Å². The number of amides is 1. The first kappa shape index (κ1) is 17.5. The highest BCUT2D eigenvalue weighted by molar-refractivity contribution is 6.02. The van der Waals surface area contributed by atoms with Crippen LogP contribution in [0.2, 0.25) is 0 Å². The summed E-state index contributed by atoms with van der Waals surface area (Å²) in [6.07, 6.45) is 3.07. The summed E-state index contributed by atoms with van der Waals surface area (Å²) in [5, 5.41) is 11.6. The molecular weight excluding hydrogens is 302 g/mol. The molecule has 0 unspecified atom stereocenters. The Hall–Kier alpha value is -2.88. The second kappa shape index (κ2) is 7.13. The molecule has 0 aliphatic carbocycles. The van der Waals surface area contributed by atoms with E-state index < -0.39 is 5.97 Å². The molecule has 0 heterocycles. The fourth-order valence-electron chi connectivity index (χ4n) is 2.15. The van der Waals surface area contributed by atoms with Crippen LogP contribution in [-0.4, -0.2) is 17.0 Å². The maximum absolute atomic E-state index is 12.0. The van der Waals surface area contributed by atoms with Gasteiger partial charge in [-0.2, -0.15) is 0 Å². The molecule has 0 spiro atoms. The van der Waals surface area contributed by atoms with Crippen LogP contribution in [0.3, 0.4) is 0 Å². The van der Waals surface area contributed by atoms with E-state index in [1.807, 2.05) is 24.3 Å². The van der Waals surface area contributed by atoms with Crippen molar-refractivity contribution in [2.24, 2.45) is 0 Å². The molecular formula is C20H21NO3. The van der Waals surface area contributed by atoms with E-state index in [-0.39, 0.29) is 16.9 Å². The molecule has 0 saturated carbocycles. The number of rotatable bonds is 4. The molecule has 124 valence electrons. The molecule has 0 radical (unpaired) electrons. The molecule has 4 nitrogen and oxygen atoms in total. The molecule has 0 aromatic heterocycles. The van der Waals surface area contributed by atoms with Crippen LogP contribution in [-0.2, 0) is 10.2 Å². The zero-order chi connectivity index (χ0) is 17.7. The molecule has 0 aliphatic heterocycles. The van der Waals surface area contributed by atoms with Gasteiger partial charge < -0.3 is 10.4 Å². The molecule has 2 rings (SSSR count). The molecule has 0 atom stereocenters. The van der Waals surface area contributed by atoms with Gasteiger partial charge in [0.2, 0.25) is 5.91 Å². The Morgan fingerprint density at radius 1 is 0.958 bits per heavy atom. The molecule has 1 amide bonds. The Morgan fingerprint density at radius 3 is 2.04 bits per heavy atom. The molecule has 0 saturated heterocycles. The summed E-state index contributed by atoms with van der Waals surface area (Å²) in [7, 11) is 0. The van der Waals surface area contributed by atoms with Crippen LogP contribution in [0.1, 0.15) is 42.3 Å². The van der Waals surface area contributed by atoms with E-state index in [4.69, 9.17) is 5.11 Å². The van der Waals surface area contributed by atoms with Gasteiger partial charge in [0.05, 0.1) is 5.56 Å². The van der Waals surface area contributed by atoms with Crippen LogP contribution in [0.4, 0.5) is 5.69 Å². The average molecular weight is 323 g/mol. The summed E-state index contributed by atoms with van der Waals surface area (Å²) in [5.41, 5.74) is 2.99. The van der Waals surface area contributed by atoms with Gasteiger partial charge in [0.1, 0.15) is 0 Å². The van der Waals surface area contributed by atoms with Gasteiger partial charge in [0.15, 0.2) is 0 Å². The Balaban J connectivity index is 1.98. The summed E-state index contributed by atoms with van der Waals surface area (Å²) in [6, 6.07) is 14.1. The molecule has 2 aromatic rings. The topological polar surface area (TPSA) is 66.4 Å². The lowest BCUT2D eigenvalue weighted by Crippen LogP contribution is -2.12. The lowest BCUT2D eigenvalue weighted by Gasteiger charge is -2.19. The van der Waals surface area contributed by atoms with E-state index in [0.29, 0.717) is 0 Å². The predicted octanol–water partition coefficient (Wildman–Crippen LogP) is 4.33. The third kappa shape index (κ3) is 4.81. The van der Waals surface area contributed by atoms with Crippen molar-refractivity contribution >= 4 is 23.6 Å². The zero-order valence-electron chi connectivity index (χ0n) is 14.0. The van der Waals surface area contributed by atoms with Crippen molar-refractivity contribution in [1.82, 2.24) is 0 Å². The molecule has 2 N–H and O–H groups in total. The molecule has 0 aliphatic rings. The minimum Gasteiger partial charge on any atom is -0.478 e. The van der Waals surface area contributed by atoms with Crippen LogP contribution in [0.5, 0.6) is 0 Å². The third-order valence-electron chi connectivity index (χ3n) is 3.60. The number of carboxylic acid groups (broad SMARTS) is 1. The van der Waals surface area contributed by atoms with Crippen LogP contribution < -0.4 is 5.32 Å². The van der Waals surface area contributed by atoms with Gasteiger partial charge in [0, 0.05) is 11.8 Å². The van der Waals surface area contributed by atoms with Gasteiger partial charge in [0.25, 0.3) is 0 Å². The summed E-state index contributed by atoms with van der Waals surface area (Å²) < 4.78 is 0. The normalized spacial score (nSPS) is 11.5. The largest absolute Gasteiger partial charge is 0.478 e. The lowest BCUT2D eigenvalue weighted by molar-refractivity contribution is -0.111. The summed E-state index contributed by atoms with van der Waals surface area (Å²) in [4.78, 5) is 22.7. The maximum Gasteiger partial charge on any atom is 0.335 e. The Morgan fingerprint density at radius 2 is 1.54 bits per heavy atom. The molecule has 0 fully saturated rings. The fourth-order valence-corrected chi connectivity index (χ4v) is 2.15. The van der Waals surface area contributed by atoms with Crippen LogP contribution in [0.15, 0.2) is 54.6 Å². The average Bonchev–Trinajstić information content (AvgIpc) is 2.53. The van der Waals surface area contributed by atoms with Gasteiger partial charge in [-0.15, -0.1) is 0 Å². The number of benzene rings is 2. The van der Waals surface area contributed by atoms with E-state index in [9.17, 15) is 9.59 Å².